The molecular formula is C16H21NO3. The zero-order valence-corrected chi connectivity index (χ0v) is 11.9. The van der Waals surface area contributed by atoms with Crippen LogP contribution in [-0.2, 0) is 4.74 Å². The number of anilines is 1. The van der Waals surface area contributed by atoms with E-state index in [0.717, 1.165) is 31.5 Å². The van der Waals surface area contributed by atoms with Crippen molar-refractivity contribution in [1.82, 2.24) is 0 Å². The van der Waals surface area contributed by atoms with Gasteiger partial charge in [0, 0.05) is 6.54 Å². The van der Waals surface area contributed by atoms with Crippen LogP contribution in [0.2, 0.25) is 0 Å². The molecule has 0 amide bonds. The van der Waals surface area contributed by atoms with E-state index in [4.69, 9.17) is 9.47 Å². The van der Waals surface area contributed by atoms with E-state index in [1.807, 2.05) is 12.1 Å². The molecule has 1 N–H and O–H groups in total. The third-order valence-electron chi connectivity index (χ3n) is 4.19. The molecule has 4 nitrogen and oxygen atoms in total. The van der Waals surface area contributed by atoms with E-state index in [9.17, 15) is 4.79 Å². The number of carbonyl (C=O) groups excluding carboxylic acids is 1. The van der Waals surface area contributed by atoms with E-state index in [0.29, 0.717) is 23.8 Å². The molecule has 20 heavy (non-hydrogen) atoms. The standard InChI is InChI=1S/C16H21NO3/c1-11-5-2-3-8-14(11)20-16(18)12-6-4-7-13-15(12)19-10-9-17-13/h4,6-7,11,14,17H,2-3,5,8-10H2,1H3. The van der Waals surface area contributed by atoms with Crippen LogP contribution in [0.4, 0.5) is 5.69 Å². The van der Waals surface area contributed by atoms with Gasteiger partial charge in [0.2, 0.25) is 0 Å². The predicted octanol–water partition coefficient (Wildman–Crippen LogP) is 3.23. The second-order valence-electron chi connectivity index (χ2n) is 5.66. The van der Waals surface area contributed by atoms with E-state index in [1.54, 1.807) is 6.07 Å². The first-order valence-electron chi connectivity index (χ1n) is 7.46. The highest BCUT2D eigenvalue weighted by Crippen LogP contribution is 2.33. The fourth-order valence-electron chi connectivity index (χ4n) is 2.99. The summed E-state index contributed by atoms with van der Waals surface area (Å²) < 4.78 is 11.3. The molecule has 1 aliphatic heterocycles. The Morgan fingerprint density at radius 1 is 1.35 bits per heavy atom. The van der Waals surface area contributed by atoms with Crippen molar-refractivity contribution < 1.29 is 14.3 Å². The number of carbonyl (C=O) groups is 1. The van der Waals surface area contributed by atoms with Gasteiger partial charge in [0.15, 0.2) is 5.75 Å². The molecule has 1 heterocycles. The summed E-state index contributed by atoms with van der Waals surface area (Å²) in [6.45, 7) is 3.51. The number of nitrogens with one attached hydrogen (secondary N) is 1. The number of benzene rings is 1. The molecule has 4 heteroatoms. The van der Waals surface area contributed by atoms with Crippen LogP contribution in [0, 0.1) is 5.92 Å². The summed E-state index contributed by atoms with van der Waals surface area (Å²) in [5.74, 6) is 0.822. The summed E-state index contributed by atoms with van der Waals surface area (Å²) in [6, 6.07) is 5.57. The predicted molar refractivity (Wildman–Crippen MR) is 77.3 cm³/mol. The van der Waals surface area contributed by atoms with Gasteiger partial charge in [0.1, 0.15) is 18.3 Å². The van der Waals surface area contributed by atoms with Gasteiger partial charge in [-0.2, -0.15) is 0 Å². The number of para-hydroxylation sites is 1. The van der Waals surface area contributed by atoms with Crippen molar-refractivity contribution in [1.29, 1.82) is 0 Å². The highest BCUT2D eigenvalue weighted by Gasteiger charge is 2.27. The smallest absolute Gasteiger partial charge is 0.342 e. The first-order valence-corrected chi connectivity index (χ1v) is 7.46. The number of hydrogen-bond acceptors (Lipinski definition) is 4. The minimum absolute atomic E-state index is 0.0451. The number of esters is 1. The first-order chi connectivity index (χ1) is 9.75. The zero-order valence-electron chi connectivity index (χ0n) is 11.9. The minimum atomic E-state index is -0.260. The van der Waals surface area contributed by atoms with E-state index in [2.05, 4.69) is 12.2 Å². The van der Waals surface area contributed by atoms with Crippen LogP contribution < -0.4 is 10.1 Å². The summed E-state index contributed by atoms with van der Waals surface area (Å²) in [5, 5.41) is 3.24. The summed E-state index contributed by atoms with van der Waals surface area (Å²) >= 11 is 0. The molecule has 1 saturated carbocycles. The van der Waals surface area contributed by atoms with Crippen LogP contribution in [0.3, 0.4) is 0 Å². The molecular weight excluding hydrogens is 254 g/mol. The molecule has 1 aliphatic carbocycles. The lowest BCUT2D eigenvalue weighted by molar-refractivity contribution is 0.00446. The lowest BCUT2D eigenvalue weighted by Crippen LogP contribution is -2.29. The van der Waals surface area contributed by atoms with Gasteiger partial charge in [-0.05, 0) is 37.3 Å². The van der Waals surface area contributed by atoms with Gasteiger partial charge < -0.3 is 14.8 Å². The van der Waals surface area contributed by atoms with Crippen LogP contribution in [0.25, 0.3) is 0 Å². The molecule has 0 bridgehead atoms. The molecule has 3 rings (SSSR count). The Labute approximate surface area is 119 Å². The highest BCUT2D eigenvalue weighted by atomic mass is 16.5. The van der Waals surface area contributed by atoms with Crippen LogP contribution in [0.5, 0.6) is 5.75 Å². The molecule has 0 aromatic heterocycles. The van der Waals surface area contributed by atoms with E-state index < -0.39 is 0 Å². The minimum Gasteiger partial charge on any atom is -0.489 e. The molecule has 2 aliphatic rings. The Hall–Kier alpha value is -1.71. The van der Waals surface area contributed by atoms with Crippen molar-refractivity contribution in [2.24, 2.45) is 5.92 Å². The Morgan fingerprint density at radius 2 is 2.20 bits per heavy atom. The molecule has 108 valence electrons. The third-order valence-corrected chi connectivity index (χ3v) is 4.19. The lowest BCUT2D eigenvalue weighted by Gasteiger charge is -2.29. The monoisotopic (exact) mass is 275 g/mol. The van der Waals surface area contributed by atoms with Crippen molar-refractivity contribution in [3.63, 3.8) is 0 Å². The average molecular weight is 275 g/mol. The van der Waals surface area contributed by atoms with Crippen molar-refractivity contribution in [2.75, 3.05) is 18.5 Å². The Morgan fingerprint density at radius 3 is 3.05 bits per heavy atom. The first kappa shape index (κ1) is 13.3. The lowest BCUT2D eigenvalue weighted by atomic mass is 9.88. The SMILES string of the molecule is CC1CCCCC1OC(=O)c1cccc2c1OCCN2. The summed E-state index contributed by atoms with van der Waals surface area (Å²) in [5.41, 5.74) is 1.41. The Balaban J connectivity index is 1.77. The van der Waals surface area contributed by atoms with Crippen LogP contribution >= 0.6 is 0 Å². The average Bonchev–Trinajstić information content (AvgIpc) is 2.49. The van der Waals surface area contributed by atoms with Crippen LogP contribution in [0.15, 0.2) is 18.2 Å². The number of ether oxygens (including phenoxy) is 2. The van der Waals surface area contributed by atoms with Crippen molar-refractivity contribution in [3.05, 3.63) is 23.8 Å². The molecule has 0 spiro atoms. The molecule has 0 radical (unpaired) electrons. The number of rotatable bonds is 2. The molecule has 0 saturated heterocycles. The summed E-state index contributed by atoms with van der Waals surface area (Å²) in [7, 11) is 0. The fourth-order valence-corrected chi connectivity index (χ4v) is 2.99. The molecule has 1 aromatic rings. The Kier molecular flexibility index (Phi) is 3.81. The van der Waals surface area contributed by atoms with Crippen LogP contribution in [0.1, 0.15) is 43.0 Å². The fraction of sp³-hybridized carbons (Fsp3) is 0.562. The second kappa shape index (κ2) is 5.73. The topological polar surface area (TPSA) is 47.6 Å². The maximum Gasteiger partial charge on any atom is 0.342 e. The quantitative estimate of drug-likeness (QED) is 0.842. The zero-order chi connectivity index (χ0) is 13.9. The Bertz CT molecular complexity index is 500. The van der Waals surface area contributed by atoms with Gasteiger partial charge >= 0.3 is 5.97 Å². The van der Waals surface area contributed by atoms with Crippen molar-refractivity contribution in [3.8, 4) is 5.75 Å². The van der Waals surface area contributed by atoms with E-state index >= 15 is 0 Å². The highest BCUT2D eigenvalue weighted by molar-refractivity contribution is 5.95. The largest absolute Gasteiger partial charge is 0.489 e. The van der Waals surface area contributed by atoms with Crippen LogP contribution in [-0.4, -0.2) is 25.2 Å². The maximum atomic E-state index is 12.4. The second-order valence-corrected chi connectivity index (χ2v) is 5.66. The summed E-state index contributed by atoms with van der Waals surface area (Å²) in [4.78, 5) is 12.4. The van der Waals surface area contributed by atoms with Gasteiger partial charge in [-0.15, -0.1) is 0 Å². The maximum absolute atomic E-state index is 12.4. The van der Waals surface area contributed by atoms with E-state index in [-0.39, 0.29) is 12.1 Å². The van der Waals surface area contributed by atoms with Gasteiger partial charge in [-0.1, -0.05) is 19.4 Å². The normalized spacial score (nSPS) is 25.1. The summed E-state index contributed by atoms with van der Waals surface area (Å²) in [6.07, 6.45) is 4.55. The third kappa shape index (κ3) is 2.60. The van der Waals surface area contributed by atoms with Gasteiger partial charge in [-0.25, -0.2) is 4.79 Å². The molecule has 2 unspecified atom stereocenters. The van der Waals surface area contributed by atoms with Gasteiger partial charge in [-0.3, -0.25) is 0 Å². The number of fused-ring (bicyclic) bond motifs is 1. The van der Waals surface area contributed by atoms with E-state index in [1.165, 1.54) is 6.42 Å². The number of hydrogen-bond donors (Lipinski definition) is 1. The molecule has 2 atom stereocenters. The molecule has 1 aromatic carbocycles. The van der Waals surface area contributed by atoms with Crippen molar-refractivity contribution in [2.45, 2.75) is 38.7 Å². The van der Waals surface area contributed by atoms with Gasteiger partial charge in [0.25, 0.3) is 0 Å². The molecule has 1 fully saturated rings. The van der Waals surface area contributed by atoms with Gasteiger partial charge in [0.05, 0.1) is 5.69 Å². The van der Waals surface area contributed by atoms with Crippen molar-refractivity contribution >= 4 is 11.7 Å².